The molecule has 2 heterocycles. The molecule has 3 N–H and O–H groups in total. The maximum Gasteiger partial charge on any atom is 0.148 e. The molecule has 1 aliphatic heterocycles. The van der Waals surface area contributed by atoms with Gasteiger partial charge in [-0.2, -0.15) is 0 Å². The molecule has 1 atom stereocenters. The van der Waals surface area contributed by atoms with Crippen molar-refractivity contribution in [3.63, 3.8) is 0 Å². The molecule has 1 aromatic rings. The van der Waals surface area contributed by atoms with Crippen molar-refractivity contribution < 1.29 is 0 Å². The molecule has 18 heavy (non-hydrogen) atoms. The first kappa shape index (κ1) is 13.0. The van der Waals surface area contributed by atoms with Crippen molar-refractivity contribution in [3.05, 3.63) is 11.9 Å². The number of piperazine rings is 1. The molecule has 0 aromatic carbocycles. The van der Waals surface area contributed by atoms with Crippen LogP contribution in [0.25, 0.3) is 0 Å². The highest BCUT2D eigenvalue weighted by atomic mass is 15.3. The maximum atomic E-state index is 5.46. The number of nitrogen functional groups attached to an aromatic ring is 1. The number of hydrogen-bond donors (Lipinski definition) is 2. The first-order valence-corrected chi connectivity index (χ1v) is 6.40. The minimum Gasteiger partial charge on any atom is -0.353 e. The van der Waals surface area contributed by atoms with Gasteiger partial charge in [-0.15, -0.1) is 0 Å². The molecule has 0 bridgehead atoms. The SMILES string of the molecule is CCC1CN(c2ncnc(NN)c2C)CCN1C. The number of nitrogens with two attached hydrogens (primary N) is 1. The van der Waals surface area contributed by atoms with E-state index in [0.717, 1.165) is 37.4 Å². The van der Waals surface area contributed by atoms with Crippen molar-refractivity contribution in [1.29, 1.82) is 0 Å². The minimum absolute atomic E-state index is 0.586. The minimum atomic E-state index is 0.586. The molecule has 0 radical (unpaired) electrons. The van der Waals surface area contributed by atoms with Gasteiger partial charge in [0, 0.05) is 31.2 Å². The summed E-state index contributed by atoms with van der Waals surface area (Å²) in [6.45, 7) is 7.30. The highest BCUT2D eigenvalue weighted by Crippen LogP contribution is 2.24. The molecule has 1 saturated heterocycles. The number of anilines is 2. The molecule has 6 heteroatoms. The molecule has 100 valence electrons. The first-order chi connectivity index (χ1) is 8.67. The summed E-state index contributed by atoms with van der Waals surface area (Å²) in [4.78, 5) is 13.3. The molecule has 1 unspecified atom stereocenters. The third-order valence-corrected chi connectivity index (χ3v) is 3.74. The van der Waals surface area contributed by atoms with E-state index in [9.17, 15) is 0 Å². The van der Waals surface area contributed by atoms with Crippen LogP contribution in [0.4, 0.5) is 11.6 Å². The Morgan fingerprint density at radius 1 is 1.44 bits per heavy atom. The fraction of sp³-hybridized carbons (Fsp3) is 0.667. The second kappa shape index (κ2) is 5.49. The van der Waals surface area contributed by atoms with Gasteiger partial charge in [-0.05, 0) is 20.4 Å². The second-order valence-electron chi connectivity index (χ2n) is 4.80. The maximum absolute atomic E-state index is 5.46. The Morgan fingerprint density at radius 3 is 2.89 bits per heavy atom. The zero-order valence-corrected chi connectivity index (χ0v) is 11.3. The van der Waals surface area contributed by atoms with Crippen LogP contribution in [0.5, 0.6) is 0 Å². The van der Waals surface area contributed by atoms with Crippen LogP contribution in [-0.2, 0) is 0 Å². The van der Waals surface area contributed by atoms with Gasteiger partial charge in [0.15, 0.2) is 0 Å². The van der Waals surface area contributed by atoms with Gasteiger partial charge in [0.25, 0.3) is 0 Å². The van der Waals surface area contributed by atoms with E-state index in [1.165, 1.54) is 0 Å². The van der Waals surface area contributed by atoms with Crippen molar-refractivity contribution >= 4 is 11.6 Å². The van der Waals surface area contributed by atoms with Gasteiger partial charge in [0.1, 0.15) is 18.0 Å². The van der Waals surface area contributed by atoms with Gasteiger partial charge in [0.2, 0.25) is 0 Å². The third-order valence-electron chi connectivity index (χ3n) is 3.74. The summed E-state index contributed by atoms with van der Waals surface area (Å²) in [6.07, 6.45) is 2.72. The number of hydrogen-bond acceptors (Lipinski definition) is 6. The van der Waals surface area contributed by atoms with Gasteiger partial charge >= 0.3 is 0 Å². The molecule has 1 fully saturated rings. The largest absolute Gasteiger partial charge is 0.353 e. The number of nitrogens with one attached hydrogen (secondary N) is 1. The van der Waals surface area contributed by atoms with Gasteiger partial charge in [0.05, 0.1) is 0 Å². The monoisotopic (exact) mass is 250 g/mol. The van der Waals surface area contributed by atoms with E-state index in [4.69, 9.17) is 5.84 Å². The lowest BCUT2D eigenvalue weighted by atomic mass is 10.1. The van der Waals surface area contributed by atoms with Crippen molar-refractivity contribution in [2.24, 2.45) is 5.84 Å². The normalized spacial score (nSPS) is 21.1. The van der Waals surface area contributed by atoms with Gasteiger partial charge in [-0.25, -0.2) is 15.8 Å². The fourth-order valence-electron chi connectivity index (χ4n) is 2.48. The van der Waals surface area contributed by atoms with Crippen LogP contribution in [0, 0.1) is 6.92 Å². The van der Waals surface area contributed by atoms with Crippen molar-refractivity contribution in [1.82, 2.24) is 14.9 Å². The van der Waals surface area contributed by atoms with Crippen LogP contribution >= 0.6 is 0 Å². The summed E-state index contributed by atoms with van der Waals surface area (Å²) in [7, 11) is 2.19. The third kappa shape index (κ3) is 2.39. The zero-order chi connectivity index (χ0) is 13.1. The summed E-state index contributed by atoms with van der Waals surface area (Å²) in [5.41, 5.74) is 3.63. The molecule has 0 aliphatic carbocycles. The van der Waals surface area contributed by atoms with Crippen LogP contribution in [0.1, 0.15) is 18.9 Å². The molecule has 2 rings (SSSR count). The highest BCUT2D eigenvalue weighted by molar-refractivity contribution is 5.57. The summed E-state index contributed by atoms with van der Waals surface area (Å²) < 4.78 is 0. The summed E-state index contributed by atoms with van der Waals surface area (Å²) in [6, 6.07) is 0.586. The highest BCUT2D eigenvalue weighted by Gasteiger charge is 2.25. The predicted molar refractivity (Wildman–Crippen MR) is 73.5 cm³/mol. The van der Waals surface area contributed by atoms with Gasteiger partial charge in [-0.1, -0.05) is 6.92 Å². The van der Waals surface area contributed by atoms with Crippen LogP contribution in [0.15, 0.2) is 6.33 Å². The molecule has 1 aromatic heterocycles. The Labute approximate surface area is 108 Å². The van der Waals surface area contributed by atoms with Crippen LogP contribution < -0.4 is 16.2 Å². The number of likely N-dealkylation sites (N-methyl/N-ethyl adjacent to an activating group) is 1. The first-order valence-electron chi connectivity index (χ1n) is 6.40. The zero-order valence-electron chi connectivity index (χ0n) is 11.3. The Hall–Kier alpha value is -1.40. The molecule has 6 nitrogen and oxygen atoms in total. The number of hydrazine groups is 1. The van der Waals surface area contributed by atoms with E-state index in [1.807, 2.05) is 6.92 Å². The molecular formula is C12H22N6. The Balaban J connectivity index is 2.21. The fourth-order valence-corrected chi connectivity index (χ4v) is 2.48. The lowest BCUT2D eigenvalue weighted by molar-refractivity contribution is 0.213. The predicted octanol–water partition coefficient (Wildman–Crippen LogP) is 0.601. The summed E-state index contributed by atoms with van der Waals surface area (Å²) in [5, 5.41) is 0. The lowest BCUT2D eigenvalue weighted by Gasteiger charge is -2.40. The van der Waals surface area contributed by atoms with Crippen LogP contribution in [0.3, 0.4) is 0 Å². The average molecular weight is 250 g/mol. The molecule has 0 spiro atoms. The Bertz CT molecular complexity index is 408. The van der Waals surface area contributed by atoms with Crippen LogP contribution in [0.2, 0.25) is 0 Å². The molecular weight excluding hydrogens is 228 g/mol. The number of nitrogens with zero attached hydrogens (tertiary/aromatic N) is 4. The Morgan fingerprint density at radius 2 is 2.22 bits per heavy atom. The number of aromatic nitrogens is 2. The molecule has 0 amide bonds. The van der Waals surface area contributed by atoms with Crippen molar-refractivity contribution in [2.45, 2.75) is 26.3 Å². The van der Waals surface area contributed by atoms with E-state index in [2.05, 4.69) is 39.2 Å². The van der Waals surface area contributed by atoms with E-state index >= 15 is 0 Å². The van der Waals surface area contributed by atoms with E-state index < -0.39 is 0 Å². The lowest BCUT2D eigenvalue weighted by Crippen LogP contribution is -2.51. The van der Waals surface area contributed by atoms with Crippen LogP contribution in [-0.4, -0.2) is 47.6 Å². The topological polar surface area (TPSA) is 70.3 Å². The summed E-state index contributed by atoms with van der Waals surface area (Å²) in [5.74, 6) is 7.15. The molecule has 1 aliphatic rings. The second-order valence-corrected chi connectivity index (χ2v) is 4.80. The van der Waals surface area contributed by atoms with Crippen molar-refractivity contribution in [2.75, 3.05) is 37.0 Å². The standard InChI is InChI=1S/C12H22N6/c1-4-10-7-18(6-5-17(10)3)12-9(2)11(16-13)14-8-15-12/h8,10H,4-7,13H2,1-3H3,(H,14,15,16). The van der Waals surface area contributed by atoms with E-state index in [1.54, 1.807) is 6.33 Å². The molecule has 0 saturated carbocycles. The smallest absolute Gasteiger partial charge is 0.148 e. The van der Waals surface area contributed by atoms with Crippen molar-refractivity contribution in [3.8, 4) is 0 Å². The quantitative estimate of drug-likeness (QED) is 0.605. The van der Waals surface area contributed by atoms with E-state index in [-0.39, 0.29) is 0 Å². The van der Waals surface area contributed by atoms with Gasteiger partial charge < -0.3 is 10.3 Å². The number of rotatable bonds is 3. The summed E-state index contributed by atoms with van der Waals surface area (Å²) >= 11 is 0. The average Bonchev–Trinajstić information content (AvgIpc) is 2.40. The van der Waals surface area contributed by atoms with Gasteiger partial charge in [-0.3, -0.25) is 4.90 Å². The van der Waals surface area contributed by atoms with E-state index in [0.29, 0.717) is 11.9 Å². The Kier molecular flexibility index (Phi) is 3.98.